The van der Waals surface area contributed by atoms with Gasteiger partial charge in [0.05, 0.1) is 12.1 Å². The number of aliphatic hydroxyl groups excluding tert-OH is 1. The van der Waals surface area contributed by atoms with Crippen molar-refractivity contribution in [3.05, 3.63) is 0 Å². The molecule has 0 aromatic carbocycles. The number of hydrogen-bond acceptors (Lipinski definition) is 6. The molecule has 0 aromatic rings. The summed E-state index contributed by atoms with van der Waals surface area (Å²) in [5.74, 6) is 0. The van der Waals surface area contributed by atoms with Gasteiger partial charge in [-0.05, 0) is 0 Å². The van der Waals surface area contributed by atoms with Gasteiger partial charge in [0.1, 0.15) is 24.4 Å². The number of aliphatic hydroxyl groups is 1. The lowest BCUT2D eigenvalue weighted by atomic mass is 9.98. The lowest BCUT2D eigenvalue weighted by molar-refractivity contribution is -0.300. The summed E-state index contributed by atoms with van der Waals surface area (Å²) in [7, 11) is -1.45. The molecule has 6 nitrogen and oxygen atoms in total. The van der Waals surface area contributed by atoms with E-state index in [1.807, 2.05) is 0 Å². The predicted molar refractivity (Wildman–Crippen MR) is 55.1 cm³/mol. The summed E-state index contributed by atoms with van der Waals surface area (Å²) in [6.07, 6.45) is -4.73. The first-order valence-electron chi connectivity index (χ1n) is 7.45. The van der Waals surface area contributed by atoms with Gasteiger partial charge in [0.15, 0.2) is 6.29 Å². The third-order valence-corrected chi connectivity index (χ3v) is 2.47. The molecular weight excluding hydrogens is 216 g/mol. The van der Waals surface area contributed by atoms with E-state index in [1.54, 1.807) is 0 Å². The summed E-state index contributed by atoms with van der Waals surface area (Å²) in [5, 5.41) is 9.88. The normalized spacial score (nSPS) is 43.2. The SMILES string of the molecule is [2H]COC[C@H]1OC(O)[C@H](OC[2H])[C@@H](OC[2H])[C@H]1OC[2H]. The van der Waals surface area contributed by atoms with Crippen molar-refractivity contribution in [1.82, 2.24) is 0 Å². The van der Waals surface area contributed by atoms with Crippen molar-refractivity contribution in [2.45, 2.75) is 30.7 Å². The Bertz CT molecular complexity index is 262. The van der Waals surface area contributed by atoms with Crippen LogP contribution in [-0.4, -0.2) is 70.8 Å². The second kappa shape index (κ2) is 6.48. The highest BCUT2D eigenvalue weighted by Crippen LogP contribution is 2.25. The van der Waals surface area contributed by atoms with E-state index >= 15 is 0 Å². The Labute approximate surface area is 101 Å². The van der Waals surface area contributed by atoms with E-state index in [9.17, 15) is 5.11 Å². The molecule has 6 heteroatoms. The van der Waals surface area contributed by atoms with Crippen molar-refractivity contribution in [3.63, 3.8) is 0 Å². The van der Waals surface area contributed by atoms with Crippen molar-refractivity contribution in [1.29, 1.82) is 0 Å². The van der Waals surface area contributed by atoms with E-state index in [-0.39, 0.29) is 27.9 Å². The average molecular weight is 240 g/mol. The Kier molecular flexibility index (Phi) is 3.56. The minimum absolute atomic E-state index is 0.0172. The highest BCUT2D eigenvalue weighted by atomic mass is 16.7. The molecule has 1 unspecified atom stereocenters. The molecule has 1 rings (SSSR count). The van der Waals surface area contributed by atoms with E-state index < -0.39 is 37.8 Å². The maximum atomic E-state index is 9.88. The Hall–Kier alpha value is -0.240. The van der Waals surface area contributed by atoms with Gasteiger partial charge in [0.2, 0.25) is 0 Å². The molecule has 1 fully saturated rings. The van der Waals surface area contributed by atoms with Crippen LogP contribution < -0.4 is 0 Å². The van der Waals surface area contributed by atoms with E-state index in [0.29, 0.717) is 0 Å². The van der Waals surface area contributed by atoms with Gasteiger partial charge in [0, 0.05) is 28.3 Å². The van der Waals surface area contributed by atoms with Gasteiger partial charge in [-0.2, -0.15) is 0 Å². The first-order chi connectivity index (χ1) is 9.69. The number of rotatable bonds is 5. The topological polar surface area (TPSA) is 66.4 Å². The first kappa shape index (κ1) is 8.79. The highest BCUT2D eigenvalue weighted by Gasteiger charge is 2.46. The molecule has 1 aliphatic heterocycles. The molecule has 0 bridgehead atoms. The van der Waals surface area contributed by atoms with E-state index in [4.69, 9.17) is 29.2 Å². The molecule has 1 aliphatic rings. The van der Waals surface area contributed by atoms with Gasteiger partial charge in [0.25, 0.3) is 0 Å². The molecule has 0 aliphatic carbocycles. The molecule has 0 aromatic heterocycles. The molecule has 16 heavy (non-hydrogen) atoms. The maximum absolute atomic E-state index is 9.88. The molecule has 1 N–H and O–H groups in total. The van der Waals surface area contributed by atoms with Gasteiger partial charge in [-0.15, -0.1) is 0 Å². The zero-order valence-electron chi connectivity index (χ0n) is 12.9. The van der Waals surface area contributed by atoms with Crippen LogP contribution in [-0.2, 0) is 23.7 Å². The third kappa shape index (κ3) is 2.71. The van der Waals surface area contributed by atoms with Crippen molar-refractivity contribution < 1.29 is 34.3 Å². The summed E-state index contributed by atoms with van der Waals surface area (Å²) >= 11 is 0. The van der Waals surface area contributed by atoms with Gasteiger partial charge < -0.3 is 28.8 Å². The fourth-order valence-electron chi connectivity index (χ4n) is 1.71. The lowest BCUT2D eigenvalue weighted by Gasteiger charge is -2.42. The fraction of sp³-hybridized carbons (Fsp3) is 1.00. The van der Waals surface area contributed by atoms with Gasteiger partial charge in [-0.25, -0.2) is 0 Å². The molecule has 5 atom stereocenters. The summed E-state index contributed by atoms with van der Waals surface area (Å²) in [4.78, 5) is 0. The van der Waals surface area contributed by atoms with Crippen molar-refractivity contribution in [2.75, 3.05) is 35.0 Å². The van der Waals surface area contributed by atoms with Crippen molar-refractivity contribution in [2.24, 2.45) is 0 Å². The Morgan fingerprint density at radius 2 is 1.75 bits per heavy atom. The first-order valence-corrected chi connectivity index (χ1v) is 4.62. The van der Waals surface area contributed by atoms with Gasteiger partial charge >= 0.3 is 0 Å². The molecule has 0 spiro atoms. The quantitative estimate of drug-likeness (QED) is 0.692. The Morgan fingerprint density at radius 3 is 2.44 bits per heavy atom. The smallest absolute Gasteiger partial charge is 0.184 e. The van der Waals surface area contributed by atoms with E-state index in [2.05, 4.69) is 0 Å². The molecule has 0 saturated carbocycles. The number of ether oxygens (including phenoxy) is 5. The maximum Gasteiger partial charge on any atom is 0.184 e. The van der Waals surface area contributed by atoms with Crippen LogP contribution in [0.3, 0.4) is 0 Å². The molecule has 1 saturated heterocycles. The molecule has 96 valence electrons. The number of methoxy groups -OCH3 is 4. The van der Waals surface area contributed by atoms with E-state index in [1.165, 1.54) is 0 Å². The van der Waals surface area contributed by atoms with Crippen LogP contribution in [0.2, 0.25) is 0 Å². The van der Waals surface area contributed by atoms with Gasteiger partial charge in [-0.1, -0.05) is 0 Å². The summed E-state index contributed by atoms with van der Waals surface area (Å²) in [5.41, 5.74) is 0. The van der Waals surface area contributed by atoms with Crippen LogP contribution in [0.15, 0.2) is 0 Å². The third-order valence-electron chi connectivity index (χ3n) is 2.47. The molecule has 0 radical (unpaired) electrons. The monoisotopic (exact) mass is 240 g/mol. The predicted octanol–water partition coefficient (Wildman–Crippen LogP) is -0.605. The molecule has 1 heterocycles. The van der Waals surface area contributed by atoms with Crippen LogP contribution in [0.5, 0.6) is 0 Å². The zero-order chi connectivity index (χ0) is 15.0. The summed E-state index contributed by atoms with van der Waals surface area (Å²) in [6.45, 7) is -0.0172. The standard InChI is InChI=1S/C10H20O6/c1-12-5-6-7(13-2)8(14-3)9(15-4)10(11)16-6/h6-11H,5H2,1-4H3/t6-,7+,8+,9-,10?/m1/s1/i1D,2D,3D,4D. The van der Waals surface area contributed by atoms with E-state index in [0.717, 1.165) is 0 Å². The minimum Gasteiger partial charge on any atom is -0.382 e. The van der Waals surface area contributed by atoms with Crippen molar-refractivity contribution >= 4 is 0 Å². The van der Waals surface area contributed by atoms with Crippen LogP contribution in [0.25, 0.3) is 0 Å². The summed E-state index contributed by atoms with van der Waals surface area (Å²) in [6, 6.07) is 0. The van der Waals surface area contributed by atoms with Crippen LogP contribution in [0, 0.1) is 0 Å². The zero-order valence-corrected chi connectivity index (χ0v) is 8.91. The Morgan fingerprint density at radius 1 is 1.06 bits per heavy atom. The summed E-state index contributed by atoms with van der Waals surface area (Å²) < 4.78 is 54.0. The Balaban J connectivity index is 2.83. The second-order valence-corrected chi connectivity index (χ2v) is 3.33. The lowest BCUT2D eigenvalue weighted by Crippen LogP contribution is -2.60. The van der Waals surface area contributed by atoms with Crippen molar-refractivity contribution in [3.8, 4) is 0 Å². The molecular formula is C10H20O6. The second-order valence-electron chi connectivity index (χ2n) is 3.33. The largest absolute Gasteiger partial charge is 0.382 e. The van der Waals surface area contributed by atoms with Crippen LogP contribution >= 0.6 is 0 Å². The average Bonchev–Trinajstić information content (AvgIpc) is 2.44. The van der Waals surface area contributed by atoms with Crippen LogP contribution in [0.1, 0.15) is 5.48 Å². The van der Waals surface area contributed by atoms with Gasteiger partial charge in [-0.3, -0.25) is 0 Å². The molecule has 0 amide bonds. The fourth-order valence-corrected chi connectivity index (χ4v) is 1.71. The number of hydrogen-bond donors (Lipinski definition) is 1. The highest BCUT2D eigenvalue weighted by molar-refractivity contribution is 4.91. The van der Waals surface area contributed by atoms with Crippen LogP contribution in [0.4, 0.5) is 0 Å². The minimum atomic E-state index is -1.36.